The van der Waals surface area contributed by atoms with Crippen molar-refractivity contribution in [1.82, 2.24) is 4.90 Å². The summed E-state index contributed by atoms with van der Waals surface area (Å²) in [5.41, 5.74) is 0.826. The molecule has 5 heteroatoms. The number of carboxylic acids is 1. The standard InChI is InChI=1S/C16H20BrNO3/c1-3-7-16(15(20)21)8-9-18(10-16)14(19)12-6-4-5-11(2)13(12)17/h4-6H,3,7-10H2,1-2H3,(H,20,21). The number of carboxylic acid groups (broad SMARTS) is 1. The molecule has 0 aliphatic carbocycles. The van der Waals surface area contributed by atoms with Gasteiger partial charge < -0.3 is 10.0 Å². The Hall–Kier alpha value is -1.36. The molecule has 0 spiro atoms. The van der Waals surface area contributed by atoms with E-state index in [1.54, 1.807) is 11.0 Å². The fourth-order valence-electron chi connectivity index (χ4n) is 2.99. The molecule has 21 heavy (non-hydrogen) atoms. The Balaban J connectivity index is 2.23. The van der Waals surface area contributed by atoms with Crippen molar-refractivity contribution in [2.45, 2.75) is 33.1 Å². The number of nitrogens with zero attached hydrogens (tertiary/aromatic N) is 1. The minimum absolute atomic E-state index is 0.0928. The fourth-order valence-corrected chi connectivity index (χ4v) is 3.43. The van der Waals surface area contributed by atoms with Gasteiger partial charge in [0.25, 0.3) is 5.91 Å². The van der Waals surface area contributed by atoms with Gasteiger partial charge in [-0.25, -0.2) is 0 Å². The molecule has 1 N–H and O–H groups in total. The minimum Gasteiger partial charge on any atom is -0.481 e. The molecule has 1 aliphatic heterocycles. The van der Waals surface area contributed by atoms with Crippen LogP contribution in [-0.4, -0.2) is 35.0 Å². The van der Waals surface area contributed by atoms with Crippen molar-refractivity contribution in [3.63, 3.8) is 0 Å². The topological polar surface area (TPSA) is 57.6 Å². The molecule has 1 heterocycles. The van der Waals surface area contributed by atoms with E-state index < -0.39 is 11.4 Å². The third kappa shape index (κ3) is 2.98. The van der Waals surface area contributed by atoms with Gasteiger partial charge in [0.15, 0.2) is 0 Å². The number of amides is 1. The summed E-state index contributed by atoms with van der Waals surface area (Å²) in [4.78, 5) is 25.9. The first kappa shape index (κ1) is 16.0. The van der Waals surface area contributed by atoms with Crippen LogP contribution in [0.25, 0.3) is 0 Å². The van der Waals surface area contributed by atoms with Gasteiger partial charge in [0.1, 0.15) is 0 Å². The van der Waals surface area contributed by atoms with Crippen LogP contribution in [0.2, 0.25) is 0 Å². The fraction of sp³-hybridized carbons (Fsp3) is 0.500. The Morgan fingerprint density at radius 2 is 2.14 bits per heavy atom. The molecule has 1 atom stereocenters. The quantitative estimate of drug-likeness (QED) is 0.901. The normalized spacial score (nSPS) is 21.6. The second-order valence-electron chi connectivity index (χ2n) is 5.75. The lowest BCUT2D eigenvalue weighted by Gasteiger charge is -2.24. The average molecular weight is 354 g/mol. The Labute approximate surface area is 133 Å². The molecule has 0 saturated carbocycles. The van der Waals surface area contributed by atoms with Crippen LogP contribution in [0.1, 0.15) is 42.1 Å². The molecular formula is C16H20BrNO3. The van der Waals surface area contributed by atoms with Gasteiger partial charge in [-0.05, 0) is 47.3 Å². The Kier molecular flexibility index (Phi) is 4.71. The highest BCUT2D eigenvalue weighted by atomic mass is 79.9. The second-order valence-corrected chi connectivity index (χ2v) is 6.54. The van der Waals surface area contributed by atoms with Crippen molar-refractivity contribution < 1.29 is 14.7 Å². The summed E-state index contributed by atoms with van der Waals surface area (Å²) in [5.74, 6) is -0.882. The molecule has 1 unspecified atom stereocenters. The maximum Gasteiger partial charge on any atom is 0.311 e. The number of halogens is 1. The zero-order valence-corrected chi connectivity index (χ0v) is 13.9. The van der Waals surface area contributed by atoms with E-state index in [1.165, 1.54) is 0 Å². The summed E-state index contributed by atoms with van der Waals surface area (Å²) in [6, 6.07) is 5.56. The van der Waals surface area contributed by atoms with Crippen molar-refractivity contribution >= 4 is 27.8 Å². The first-order valence-electron chi connectivity index (χ1n) is 7.19. The van der Waals surface area contributed by atoms with E-state index in [-0.39, 0.29) is 5.91 Å². The van der Waals surface area contributed by atoms with Crippen LogP contribution < -0.4 is 0 Å². The van der Waals surface area contributed by atoms with Crippen molar-refractivity contribution in [2.24, 2.45) is 5.41 Å². The number of aryl methyl sites for hydroxylation is 1. The van der Waals surface area contributed by atoms with Crippen molar-refractivity contribution in [3.8, 4) is 0 Å². The van der Waals surface area contributed by atoms with Gasteiger partial charge in [-0.15, -0.1) is 0 Å². The lowest BCUT2D eigenvalue weighted by atomic mass is 9.83. The summed E-state index contributed by atoms with van der Waals surface area (Å²) < 4.78 is 0.790. The number of carbonyl (C=O) groups excluding carboxylic acids is 1. The van der Waals surface area contributed by atoms with Crippen LogP contribution in [0.5, 0.6) is 0 Å². The first-order chi connectivity index (χ1) is 9.91. The van der Waals surface area contributed by atoms with E-state index in [0.29, 0.717) is 31.5 Å². The lowest BCUT2D eigenvalue weighted by molar-refractivity contribution is -0.148. The van der Waals surface area contributed by atoms with Crippen LogP contribution in [0.15, 0.2) is 22.7 Å². The van der Waals surface area contributed by atoms with Crippen LogP contribution in [0.4, 0.5) is 0 Å². The number of carbonyl (C=O) groups is 2. The molecule has 1 aromatic rings. The molecule has 1 amide bonds. The molecule has 1 aliphatic rings. The summed E-state index contributed by atoms with van der Waals surface area (Å²) in [6.07, 6.45) is 1.95. The minimum atomic E-state index is -0.789. The van der Waals surface area contributed by atoms with Gasteiger partial charge >= 0.3 is 5.97 Å². The second kappa shape index (κ2) is 6.18. The summed E-state index contributed by atoms with van der Waals surface area (Å²) in [6.45, 7) is 4.72. The number of aliphatic carboxylic acids is 1. The third-order valence-corrected chi connectivity index (χ3v) is 5.30. The summed E-state index contributed by atoms with van der Waals surface area (Å²) in [5, 5.41) is 9.52. The lowest BCUT2D eigenvalue weighted by Crippen LogP contribution is -2.37. The summed E-state index contributed by atoms with van der Waals surface area (Å²) >= 11 is 3.45. The smallest absolute Gasteiger partial charge is 0.311 e. The number of likely N-dealkylation sites (tertiary alicyclic amines) is 1. The maximum absolute atomic E-state index is 12.6. The number of hydrogen-bond donors (Lipinski definition) is 1. The highest BCUT2D eigenvalue weighted by Crippen LogP contribution is 2.36. The van der Waals surface area contributed by atoms with E-state index >= 15 is 0 Å². The molecule has 0 aromatic heterocycles. The van der Waals surface area contributed by atoms with Crippen LogP contribution in [-0.2, 0) is 4.79 Å². The Bertz CT molecular complexity index is 573. The van der Waals surface area contributed by atoms with E-state index in [4.69, 9.17) is 0 Å². The molecule has 1 aromatic carbocycles. The number of hydrogen-bond acceptors (Lipinski definition) is 2. The predicted octanol–water partition coefficient (Wildman–Crippen LogP) is 3.47. The van der Waals surface area contributed by atoms with Crippen molar-refractivity contribution in [3.05, 3.63) is 33.8 Å². The van der Waals surface area contributed by atoms with Crippen molar-refractivity contribution in [1.29, 1.82) is 0 Å². The Morgan fingerprint density at radius 1 is 1.43 bits per heavy atom. The van der Waals surface area contributed by atoms with E-state index in [1.807, 2.05) is 26.0 Å². The molecule has 2 rings (SSSR count). The van der Waals surface area contributed by atoms with Crippen LogP contribution >= 0.6 is 15.9 Å². The van der Waals surface area contributed by atoms with E-state index in [0.717, 1.165) is 16.5 Å². The zero-order valence-electron chi connectivity index (χ0n) is 12.4. The predicted molar refractivity (Wildman–Crippen MR) is 84.4 cm³/mol. The highest BCUT2D eigenvalue weighted by Gasteiger charge is 2.45. The number of rotatable bonds is 4. The first-order valence-corrected chi connectivity index (χ1v) is 7.98. The van der Waals surface area contributed by atoms with Gasteiger partial charge in [0.2, 0.25) is 0 Å². The Morgan fingerprint density at radius 3 is 2.76 bits per heavy atom. The van der Waals surface area contributed by atoms with E-state index in [2.05, 4.69) is 15.9 Å². The molecule has 0 radical (unpaired) electrons. The largest absolute Gasteiger partial charge is 0.481 e. The molecule has 0 bridgehead atoms. The third-order valence-electron chi connectivity index (χ3n) is 4.25. The van der Waals surface area contributed by atoms with E-state index in [9.17, 15) is 14.7 Å². The number of benzene rings is 1. The molecule has 1 saturated heterocycles. The highest BCUT2D eigenvalue weighted by molar-refractivity contribution is 9.10. The van der Waals surface area contributed by atoms with Gasteiger partial charge in [-0.3, -0.25) is 9.59 Å². The van der Waals surface area contributed by atoms with Gasteiger partial charge in [-0.2, -0.15) is 0 Å². The van der Waals surface area contributed by atoms with Crippen molar-refractivity contribution in [2.75, 3.05) is 13.1 Å². The SMILES string of the molecule is CCCC1(C(=O)O)CCN(C(=O)c2cccc(C)c2Br)C1. The van der Waals surface area contributed by atoms with Crippen LogP contribution in [0, 0.1) is 12.3 Å². The average Bonchev–Trinajstić information content (AvgIpc) is 2.87. The van der Waals surface area contributed by atoms with Crippen LogP contribution in [0.3, 0.4) is 0 Å². The molecule has 4 nitrogen and oxygen atoms in total. The summed E-state index contributed by atoms with van der Waals surface area (Å²) in [7, 11) is 0. The van der Waals surface area contributed by atoms with Gasteiger partial charge in [0, 0.05) is 17.6 Å². The van der Waals surface area contributed by atoms with Gasteiger partial charge in [0.05, 0.1) is 11.0 Å². The van der Waals surface area contributed by atoms with Gasteiger partial charge in [-0.1, -0.05) is 25.5 Å². The maximum atomic E-state index is 12.6. The molecule has 1 fully saturated rings. The molecule has 114 valence electrons. The zero-order chi connectivity index (χ0) is 15.6. The monoisotopic (exact) mass is 353 g/mol. The molecular weight excluding hydrogens is 334 g/mol.